The number of rotatable bonds is 10. The molecule has 0 unspecified atom stereocenters. The summed E-state index contributed by atoms with van der Waals surface area (Å²) in [5.74, 6) is 1.75. The average molecular weight is 546 g/mol. The number of ether oxygens (including phenoxy) is 2. The molecule has 0 radical (unpaired) electrons. The molecule has 0 atom stereocenters. The van der Waals surface area contributed by atoms with Crippen molar-refractivity contribution in [2.75, 3.05) is 66.9 Å². The second-order valence-electron chi connectivity index (χ2n) is 10.0. The minimum atomic E-state index is -0.393. The van der Waals surface area contributed by atoms with Gasteiger partial charge in [-0.2, -0.15) is 0 Å². The number of carbonyl (C=O) groups excluding carboxylic acids is 2. The maximum atomic E-state index is 13.3. The molecular formula is C31H39N5O4. The molecule has 212 valence electrons. The van der Waals surface area contributed by atoms with Crippen LogP contribution in [0.25, 0.3) is 0 Å². The summed E-state index contributed by atoms with van der Waals surface area (Å²) in [6, 6.07) is 20.3. The first-order chi connectivity index (χ1) is 19.4. The maximum absolute atomic E-state index is 13.3. The van der Waals surface area contributed by atoms with Crippen molar-refractivity contribution < 1.29 is 19.1 Å². The number of methoxy groups -OCH3 is 1. The molecule has 0 saturated carbocycles. The van der Waals surface area contributed by atoms with Gasteiger partial charge >= 0.3 is 6.03 Å². The molecule has 0 spiro atoms. The molecule has 1 saturated heterocycles. The van der Waals surface area contributed by atoms with Gasteiger partial charge in [0.2, 0.25) is 0 Å². The predicted molar refractivity (Wildman–Crippen MR) is 161 cm³/mol. The Hall–Kier alpha value is -4.40. The van der Waals surface area contributed by atoms with Gasteiger partial charge in [-0.05, 0) is 67.4 Å². The Bertz CT molecular complexity index is 1290. The second kappa shape index (κ2) is 13.6. The van der Waals surface area contributed by atoms with E-state index in [1.807, 2.05) is 37.3 Å². The highest BCUT2D eigenvalue weighted by atomic mass is 16.5. The van der Waals surface area contributed by atoms with Crippen LogP contribution in [0.4, 0.5) is 27.5 Å². The summed E-state index contributed by atoms with van der Waals surface area (Å²) in [6.07, 6.45) is 0. The molecule has 1 fully saturated rings. The van der Waals surface area contributed by atoms with Crippen molar-refractivity contribution in [3.8, 4) is 11.5 Å². The highest BCUT2D eigenvalue weighted by molar-refractivity contribution is 6.04. The summed E-state index contributed by atoms with van der Waals surface area (Å²) >= 11 is 0. The van der Waals surface area contributed by atoms with Crippen molar-refractivity contribution in [1.82, 2.24) is 5.32 Å². The van der Waals surface area contributed by atoms with Gasteiger partial charge in [-0.3, -0.25) is 4.79 Å². The van der Waals surface area contributed by atoms with Gasteiger partial charge < -0.3 is 35.2 Å². The molecule has 3 amide bonds. The number of hydrogen-bond donors (Lipinski definition) is 3. The number of carbonyl (C=O) groups is 2. The van der Waals surface area contributed by atoms with E-state index in [-0.39, 0.29) is 5.91 Å². The van der Waals surface area contributed by atoms with Gasteiger partial charge in [-0.25, -0.2) is 4.79 Å². The second-order valence-corrected chi connectivity index (χ2v) is 10.0. The molecule has 1 heterocycles. The number of urea groups is 1. The SMILES string of the molecule is CCOc1ccc(NC(=O)Nc2ccc(N3CCN(c4ccccc4OC)CC3)c(C(=O)NCC(C)C)c2)cc1. The maximum Gasteiger partial charge on any atom is 0.323 e. The van der Waals surface area contributed by atoms with Crippen LogP contribution in [-0.4, -0.2) is 58.4 Å². The van der Waals surface area contributed by atoms with Crippen molar-refractivity contribution in [3.05, 3.63) is 72.3 Å². The molecule has 9 nitrogen and oxygen atoms in total. The van der Waals surface area contributed by atoms with Crippen LogP contribution in [0.15, 0.2) is 66.7 Å². The van der Waals surface area contributed by atoms with Crippen LogP contribution in [0.3, 0.4) is 0 Å². The summed E-state index contributed by atoms with van der Waals surface area (Å²) in [5, 5.41) is 8.71. The van der Waals surface area contributed by atoms with Crippen molar-refractivity contribution in [3.63, 3.8) is 0 Å². The number of anilines is 4. The lowest BCUT2D eigenvalue weighted by atomic mass is 10.1. The molecule has 3 N–H and O–H groups in total. The number of hydrogen-bond acceptors (Lipinski definition) is 6. The van der Waals surface area contributed by atoms with Crippen LogP contribution in [0.5, 0.6) is 11.5 Å². The van der Waals surface area contributed by atoms with E-state index >= 15 is 0 Å². The summed E-state index contributed by atoms with van der Waals surface area (Å²) in [5.41, 5.74) is 3.62. The van der Waals surface area contributed by atoms with Gasteiger partial charge in [-0.1, -0.05) is 26.0 Å². The largest absolute Gasteiger partial charge is 0.495 e. The average Bonchev–Trinajstić information content (AvgIpc) is 2.97. The van der Waals surface area contributed by atoms with Crippen molar-refractivity contribution in [2.24, 2.45) is 5.92 Å². The lowest BCUT2D eigenvalue weighted by Gasteiger charge is -2.38. The molecule has 3 aromatic carbocycles. The molecule has 40 heavy (non-hydrogen) atoms. The molecule has 9 heteroatoms. The van der Waals surface area contributed by atoms with Crippen molar-refractivity contribution in [2.45, 2.75) is 20.8 Å². The van der Waals surface area contributed by atoms with Crippen molar-refractivity contribution in [1.29, 1.82) is 0 Å². The highest BCUT2D eigenvalue weighted by Crippen LogP contribution is 2.31. The number of nitrogens with zero attached hydrogens (tertiary/aromatic N) is 2. The van der Waals surface area contributed by atoms with Crippen LogP contribution >= 0.6 is 0 Å². The lowest BCUT2D eigenvalue weighted by molar-refractivity contribution is 0.0949. The van der Waals surface area contributed by atoms with Crippen LogP contribution in [0, 0.1) is 5.92 Å². The minimum Gasteiger partial charge on any atom is -0.495 e. The number of piperazine rings is 1. The zero-order chi connectivity index (χ0) is 28.5. The summed E-state index contributed by atoms with van der Waals surface area (Å²) < 4.78 is 11.0. The van der Waals surface area contributed by atoms with Gasteiger partial charge in [0.15, 0.2) is 0 Å². The van der Waals surface area contributed by atoms with Gasteiger partial charge in [0, 0.05) is 49.8 Å². The fourth-order valence-electron chi connectivity index (χ4n) is 4.64. The van der Waals surface area contributed by atoms with E-state index in [9.17, 15) is 9.59 Å². The van der Waals surface area contributed by atoms with Gasteiger partial charge in [0.1, 0.15) is 11.5 Å². The Kier molecular flexibility index (Phi) is 9.72. The molecule has 4 rings (SSSR count). The quantitative estimate of drug-likeness (QED) is 0.314. The predicted octanol–water partition coefficient (Wildman–Crippen LogP) is 5.45. The van der Waals surface area contributed by atoms with E-state index in [1.165, 1.54) is 0 Å². The zero-order valence-electron chi connectivity index (χ0n) is 23.7. The number of nitrogens with one attached hydrogen (secondary N) is 3. The van der Waals surface area contributed by atoms with E-state index in [4.69, 9.17) is 9.47 Å². The van der Waals surface area contributed by atoms with Gasteiger partial charge in [0.25, 0.3) is 5.91 Å². The van der Waals surface area contributed by atoms with Crippen LogP contribution in [-0.2, 0) is 0 Å². The fraction of sp³-hybridized carbons (Fsp3) is 0.355. The Morgan fingerprint density at radius 3 is 2.12 bits per heavy atom. The smallest absolute Gasteiger partial charge is 0.323 e. The van der Waals surface area contributed by atoms with Crippen LogP contribution in [0.2, 0.25) is 0 Å². The van der Waals surface area contributed by atoms with Gasteiger partial charge in [-0.15, -0.1) is 0 Å². The van der Waals surface area contributed by atoms with Crippen molar-refractivity contribution >= 4 is 34.7 Å². The fourth-order valence-corrected chi connectivity index (χ4v) is 4.64. The van der Waals surface area contributed by atoms with E-state index in [0.717, 1.165) is 49.1 Å². The third-order valence-corrected chi connectivity index (χ3v) is 6.64. The first-order valence-corrected chi connectivity index (χ1v) is 13.7. The van der Waals surface area contributed by atoms with E-state index in [2.05, 4.69) is 45.7 Å². The lowest BCUT2D eigenvalue weighted by Crippen LogP contribution is -2.47. The third-order valence-electron chi connectivity index (χ3n) is 6.64. The Morgan fingerprint density at radius 1 is 0.850 bits per heavy atom. The Labute approximate surface area is 236 Å². The topological polar surface area (TPSA) is 95.2 Å². The first kappa shape index (κ1) is 28.6. The van der Waals surface area contributed by atoms with Crippen LogP contribution < -0.4 is 35.2 Å². The molecule has 1 aliphatic rings. The zero-order valence-corrected chi connectivity index (χ0v) is 23.7. The molecule has 0 aliphatic carbocycles. The highest BCUT2D eigenvalue weighted by Gasteiger charge is 2.24. The first-order valence-electron chi connectivity index (χ1n) is 13.7. The Morgan fingerprint density at radius 2 is 1.48 bits per heavy atom. The molecule has 3 aromatic rings. The van der Waals surface area contributed by atoms with E-state index < -0.39 is 6.03 Å². The monoisotopic (exact) mass is 545 g/mol. The number of amides is 3. The van der Waals surface area contributed by atoms with Gasteiger partial charge in [0.05, 0.1) is 25.0 Å². The standard InChI is InChI=1S/C31H39N5O4/c1-5-40-25-13-10-23(11-14-25)33-31(38)34-24-12-15-27(26(20-24)30(37)32-21-22(2)3)35-16-18-36(19-17-35)28-8-6-7-9-29(28)39-4/h6-15,20,22H,5,16-19,21H2,1-4H3,(H,32,37)(H2,33,34,38). The normalized spacial score (nSPS) is 13.1. The Balaban J connectivity index is 1.48. The molecule has 0 aromatic heterocycles. The number of para-hydroxylation sites is 2. The van der Waals surface area contributed by atoms with Crippen LogP contribution in [0.1, 0.15) is 31.1 Å². The molecule has 0 bridgehead atoms. The third kappa shape index (κ3) is 7.37. The number of benzene rings is 3. The molecular weight excluding hydrogens is 506 g/mol. The van der Waals surface area contributed by atoms with E-state index in [1.54, 1.807) is 37.4 Å². The summed E-state index contributed by atoms with van der Waals surface area (Å²) in [4.78, 5) is 30.5. The summed E-state index contributed by atoms with van der Waals surface area (Å²) in [6.45, 7) is 10.2. The summed E-state index contributed by atoms with van der Waals surface area (Å²) in [7, 11) is 1.69. The minimum absolute atomic E-state index is 0.161. The van der Waals surface area contributed by atoms with E-state index in [0.29, 0.717) is 36.0 Å². The molecule has 1 aliphatic heterocycles.